The first kappa shape index (κ1) is 13.8. The summed E-state index contributed by atoms with van der Waals surface area (Å²) < 4.78 is 1.96. The quantitative estimate of drug-likeness (QED) is 0.916. The smallest absolute Gasteiger partial charge is 0.0748 e. The lowest BCUT2D eigenvalue weighted by Crippen LogP contribution is -2.21. The van der Waals surface area contributed by atoms with Crippen LogP contribution >= 0.6 is 0 Å². The molecular formula is C16H23N3. The van der Waals surface area contributed by atoms with Crippen LogP contribution in [0.3, 0.4) is 0 Å². The lowest BCUT2D eigenvalue weighted by Gasteiger charge is -2.20. The van der Waals surface area contributed by atoms with Crippen LogP contribution in [-0.2, 0) is 7.05 Å². The molecule has 2 rings (SSSR count). The Balaban J connectivity index is 2.54. The average molecular weight is 257 g/mol. The molecule has 0 bridgehead atoms. The van der Waals surface area contributed by atoms with Gasteiger partial charge in [-0.2, -0.15) is 5.10 Å². The number of nitrogens with one attached hydrogen (secondary N) is 1. The second-order valence-electron chi connectivity index (χ2n) is 5.35. The van der Waals surface area contributed by atoms with Gasteiger partial charge in [0, 0.05) is 7.05 Å². The highest BCUT2D eigenvalue weighted by molar-refractivity contribution is 5.41. The molecule has 0 radical (unpaired) electrons. The fourth-order valence-corrected chi connectivity index (χ4v) is 2.66. The van der Waals surface area contributed by atoms with Crippen molar-refractivity contribution in [3.63, 3.8) is 0 Å². The summed E-state index contributed by atoms with van der Waals surface area (Å²) in [5, 5.41) is 7.87. The third-order valence-electron chi connectivity index (χ3n) is 3.82. The molecule has 3 heteroatoms. The van der Waals surface area contributed by atoms with Crippen LogP contribution in [0, 0.1) is 27.7 Å². The van der Waals surface area contributed by atoms with Gasteiger partial charge in [-0.1, -0.05) is 12.1 Å². The van der Waals surface area contributed by atoms with Gasteiger partial charge in [-0.25, -0.2) is 0 Å². The highest BCUT2D eigenvalue weighted by Gasteiger charge is 2.18. The number of nitrogens with zero attached hydrogens (tertiary/aromatic N) is 2. The van der Waals surface area contributed by atoms with Crippen LogP contribution in [0.5, 0.6) is 0 Å². The van der Waals surface area contributed by atoms with E-state index in [2.05, 4.69) is 49.4 Å². The first-order valence-electron chi connectivity index (χ1n) is 6.69. The van der Waals surface area contributed by atoms with Crippen LogP contribution in [0.15, 0.2) is 18.2 Å². The zero-order valence-electron chi connectivity index (χ0n) is 12.7. The van der Waals surface area contributed by atoms with Gasteiger partial charge in [-0.15, -0.1) is 0 Å². The van der Waals surface area contributed by atoms with Gasteiger partial charge in [0.15, 0.2) is 0 Å². The van der Waals surface area contributed by atoms with Gasteiger partial charge in [0.1, 0.15) is 0 Å². The molecule has 1 N–H and O–H groups in total. The van der Waals surface area contributed by atoms with Gasteiger partial charge in [-0.3, -0.25) is 4.68 Å². The molecule has 102 valence electrons. The highest BCUT2D eigenvalue weighted by atomic mass is 15.3. The molecule has 1 unspecified atom stereocenters. The van der Waals surface area contributed by atoms with E-state index >= 15 is 0 Å². The van der Waals surface area contributed by atoms with E-state index in [1.54, 1.807) is 0 Å². The van der Waals surface area contributed by atoms with Crippen molar-refractivity contribution in [2.45, 2.75) is 33.7 Å². The molecular weight excluding hydrogens is 234 g/mol. The predicted molar refractivity (Wildman–Crippen MR) is 79.5 cm³/mol. The summed E-state index contributed by atoms with van der Waals surface area (Å²) in [6, 6.07) is 6.88. The van der Waals surface area contributed by atoms with E-state index in [0.29, 0.717) is 0 Å². The lowest BCUT2D eigenvalue weighted by molar-refractivity contribution is 0.602. The Morgan fingerprint density at radius 1 is 1.00 bits per heavy atom. The summed E-state index contributed by atoms with van der Waals surface area (Å²) in [6.45, 7) is 8.53. The second-order valence-corrected chi connectivity index (χ2v) is 5.35. The second kappa shape index (κ2) is 5.17. The maximum absolute atomic E-state index is 4.45. The molecule has 0 aliphatic rings. The fourth-order valence-electron chi connectivity index (χ4n) is 2.66. The van der Waals surface area contributed by atoms with Crippen molar-refractivity contribution < 1.29 is 0 Å². The number of benzene rings is 1. The van der Waals surface area contributed by atoms with E-state index in [0.717, 1.165) is 5.69 Å². The summed E-state index contributed by atoms with van der Waals surface area (Å²) in [5.74, 6) is 0. The average Bonchev–Trinajstić information content (AvgIpc) is 2.66. The highest BCUT2D eigenvalue weighted by Crippen LogP contribution is 2.27. The minimum absolute atomic E-state index is 0.186. The number of aryl methyl sites for hydroxylation is 5. The maximum atomic E-state index is 4.45. The van der Waals surface area contributed by atoms with Crippen LogP contribution < -0.4 is 5.32 Å². The first-order valence-corrected chi connectivity index (χ1v) is 6.69. The fraction of sp³-hybridized carbons (Fsp3) is 0.438. The van der Waals surface area contributed by atoms with Crippen molar-refractivity contribution in [1.82, 2.24) is 15.1 Å². The Kier molecular flexibility index (Phi) is 3.76. The molecule has 1 aromatic heterocycles. The maximum Gasteiger partial charge on any atom is 0.0748 e. The first-order chi connectivity index (χ1) is 8.93. The van der Waals surface area contributed by atoms with E-state index in [1.807, 2.05) is 25.7 Å². The third-order valence-corrected chi connectivity index (χ3v) is 3.82. The molecule has 2 aromatic rings. The summed E-state index contributed by atoms with van der Waals surface area (Å²) in [5.41, 5.74) is 7.58. The minimum Gasteiger partial charge on any atom is -0.308 e. The topological polar surface area (TPSA) is 29.9 Å². The monoisotopic (exact) mass is 257 g/mol. The van der Waals surface area contributed by atoms with Crippen LogP contribution in [0.4, 0.5) is 0 Å². The standard InChI is InChI=1S/C16H23N3/c1-10-7-12(3)14(8-11(10)2)16(17-5)15-9-13(4)18-19(15)6/h7-9,16-17H,1-6H3. The summed E-state index contributed by atoms with van der Waals surface area (Å²) in [6.07, 6.45) is 0. The zero-order chi connectivity index (χ0) is 14.2. The van der Waals surface area contributed by atoms with Gasteiger partial charge in [0.25, 0.3) is 0 Å². The molecule has 0 saturated heterocycles. The number of rotatable bonds is 3. The van der Waals surface area contributed by atoms with E-state index in [4.69, 9.17) is 0 Å². The molecule has 0 aliphatic heterocycles. The molecule has 0 fully saturated rings. The van der Waals surface area contributed by atoms with Gasteiger partial charge < -0.3 is 5.32 Å². The molecule has 1 atom stereocenters. The zero-order valence-corrected chi connectivity index (χ0v) is 12.7. The van der Waals surface area contributed by atoms with Gasteiger partial charge in [-0.05, 0) is 63.1 Å². The van der Waals surface area contributed by atoms with E-state index < -0.39 is 0 Å². The van der Waals surface area contributed by atoms with Gasteiger partial charge >= 0.3 is 0 Å². The van der Waals surface area contributed by atoms with Crippen molar-refractivity contribution in [2.24, 2.45) is 7.05 Å². The Morgan fingerprint density at radius 2 is 1.63 bits per heavy atom. The number of aromatic nitrogens is 2. The van der Waals surface area contributed by atoms with Crippen LogP contribution in [0.2, 0.25) is 0 Å². The number of hydrogen-bond acceptors (Lipinski definition) is 2. The Morgan fingerprint density at radius 3 is 2.16 bits per heavy atom. The Labute approximate surface area is 115 Å². The largest absolute Gasteiger partial charge is 0.308 e. The van der Waals surface area contributed by atoms with Crippen LogP contribution in [0.25, 0.3) is 0 Å². The van der Waals surface area contributed by atoms with E-state index in [1.165, 1.54) is 27.9 Å². The van der Waals surface area contributed by atoms with Crippen molar-refractivity contribution >= 4 is 0 Å². The number of hydrogen-bond donors (Lipinski definition) is 1. The minimum atomic E-state index is 0.186. The summed E-state index contributed by atoms with van der Waals surface area (Å²) >= 11 is 0. The van der Waals surface area contributed by atoms with Crippen molar-refractivity contribution in [3.05, 3.63) is 51.8 Å². The van der Waals surface area contributed by atoms with Crippen LogP contribution in [0.1, 0.15) is 39.7 Å². The lowest BCUT2D eigenvalue weighted by atomic mass is 9.94. The normalized spacial score (nSPS) is 12.7. The van der Waals surface area contributed by atoms with Gasteiger partial charge in [0.05, 0.1) is 17.4 Å². The van der Waals surface area contributed by atoms with Crippen molar-refractivity contribution in [1.29, 1.82) is 0 Å². The molecule has 1 heterocycles. The molecule has 19 heavy (non-hydrogen) atoms. The summed E-state index contributed by atoms with van der Waals surface area (Å²) in [7, 11) is 4.00. The Bertz CT molecular complexity index is 596. The van der Waals surface area contributed by atoms with Crippen molar-refractivity contribution in [3.8, 4) is 0 Å². The van der Waals surface area contributed by atoms with E-state index in [-0.39, 0.29) is 6.04 Å². The van der Waals surface area contributed by atoms with E-state index in [9.17, 15) is 0 Å². The summed E-state index contributed by atoms with van der Waals surface area (Å²) in [4.78, 5) is 0. The third kappa shape index (κ3) is 2.56. The van der Waals surface area contributed by atoms with Crippen molar-refractivity contribution in [2.75, 3.05) is 7.05 Å². The molecule has 0 aliphatic carbocycles. The Hall–Kier alpha value is -1.61. The van der Waals surface area contributed by atoms with Crippen LogP contribution in [-0.4, -0.2) is 16.8 Å². The molecule has 3 nitrogen and oxygen atoms in total. The molecule has 0 spiro atoms. The van der Waals surface area contributed by atoms with Gasteiger partial charge in [0.2, 0.25) is 0 Å². The molecule has 0 saturated carbocycles. The molecule has 0 amide bonds. The SMILES string of the molecule is CNC(c1cc(C)c(C)cc1C)c1cc(C)nn1C. The molecule has 1 aromatic carbocycles. The predicted octanol–water partition coefficient (Wildman–Crippen LogP) is 2.96.